The third-order valence-corrected chi connectivity index (χ3v) is 2.33. The van der Waals surface area contributed by atoms with E-state index in [-0.39, 0.29) is 5.57 Å². The van der Waals surface area contributed by atoms with Gasteiger partial charge in [0.15, 0.2) is 0 Å². The maximum absolute atomic E-state index is 11.2. The summed E-state index contributed by atoms with van der Waals surface area (Å²) in [6.07, 6.45) is 3.60. The molecule has 0 aliphatic heterocycles. The van der Waals surface area contributed by atoms with Crippen LogP contribution in [0.15, 0.2) is 29.8 Å². The van der Waals surface area contributed by atoms with E-state index in [0.29, 0.717) is 0 Å². The van der Waals surface area contributed by atoms with Crippen LogP contribution in [0.4, 0.5) is 0 Å². The third kappa shape index (κ3) is 3.76. The molecular weight excluding hydrogens is 214 g/mol. The predicted octanol–water partition coefficient (Wildman–Crippen LogP) is 2.72. The van der Waals surface area contributed by atoms with E-state index < -0.39 is 5.97 Å². The van der Waals surface area contributed by atoms with Gasteiger partial charge in [-0.05, 0) is 23.6 Å². The Hall–Kier alpha value is -2.08. The smallest absolute Gasteiger partial charge is 0.348 e. The third-order valence-electron chi connectivity index (χ3n) is 2.33. The molecule has 0 amide bonds. The Morgan fingerprint density at radius 1 is 1.53 bits per heavy atom. The van der Waals surface area contributed by atoms with E-state index in [2.05, 4.69) is 11.7 Å². The Balaban J connectivity index is 3.00. The summed E-state index contributed by atoms with van der Waals surface area (Å²) in [7, 11) is 1.26. The van der Waals surface area contributed by atoms with Crippen molar-refractivity contribution in [3.05, 3.63) is 41.0 Å². The standard InChI is InChI=1S/C14H15NO2/c1-3-5-11-6-4-7-12(8-11)9-13(10-15)14(16)17-2/h4,6-9H,3,5H2,1-2H3. The molecule has 1 aromatic carbocycles. The van der Waals surface area contributed by atoms with Gasteiger partial charge in [0.25, 0.3) is 0 Å². The first-order chi connectivity index (χ1) is 8.21. The second-order valence-electron chi connectivity index (χ2n) is 3.66. The average molecular weight is 229 g/mol. The van der Waals surface area contributed by atoms with E-state index in [1.54, 1.807) is 6.08 Å². The van der Waals surface area contributed by atoms with Crippen molar-refractivity contribution in [1.82, 2.24) is 0 Å². The zero-order valence-corrected chi connectivity index (χ0v) is 10.1. The molecule has 88 valence electrons. The highest BCUT2D eigenvalue weighted by atomic mass is 16.5. The monoisotopic (exact) mass is 229 g/mol. The van der Waals surface area contributed by atoms with Crippen LogP contribution in [0.1, 0.15) is 24.5 Å². The predicted molar refractivity (Wildman–Crippen MR) is 66.0 cm³/mol. The number of nitriles is 1. The zero-order chi connectivity index (χ0) is 12.7. The van der Waals surface area contributed by atoms with Crippen LogP contribution >= 0.6 is 0 Å². The highest BCUT2D eigenvalue weighted by molar-refractivity contribution is 5.97. The normalized spacial score (nSPS) is 10.8. The lowest BCUT2D eigenvalue weighted by atomic mass is 10.1. The largest absolute Gasteiger partial charge is 0.465 e. The lowest BCUT2D eigenvalue weighted by Gasteiger charge is -2.01. The second-order valence-corrected chi connectivity index (χ2v) is 3.66. The van der Waals surface area contributed by atoms with Crippen molar-refractivity contribution in [3.63, 3.8) is 0 Å². The average Bonchev–Trinajstić information content (AvgIpc) is 2.36. The van der Waals surface area contributed by atoms with Crippen LogP contribution in [0.25, 0.3) is 6.08 Å². The molecule has 0 radical (unpaired) electrons. The zero-order valence-electron chi connectivity index (χ0n) is 10.1. The fourth-order valence-electron chi connectivity index (χ4n) is 1.54. The highest BCUT2D eigenvalue weighted by Gasteiger charge is 2.08. The lowest BCUT2D eigenvalue weighted by molar-refractivity contribution is -0.135. The summed E-state index contributed by atoms with van der Waals surface area (Å²) in [6, 6.07) is 9.63. The van der Waals surface area contributed by atoms with Crippen molar-refractivity contribution in [2.45, 2.75) is 19.8 Å². The maximum Gasteiger partial charge on any atom is 0.348 e. The lowest BCUT2D eigenvalue weighted by Crippen LogP contribution is -2.02. The van der Waals surface area contributed by atoms with Gasteiger partial charge >= 0.3 is 5.97 Å². The van der Waals surface area contributed by atoms with Gasteiger partial charge in [0.2, 0.25) is 0 Å². The first-order valence-electron chi connectivity index (χ1n) is 5.50. The molecule has 0 spiro atoms. The highest BCUT2D eigenvalue weighted by Crippen LogP contribution is 2.11. The number of hydrogen-bond donors (Lipinski definition) is 0. The first-order valence-corrected chi connectivity index (χ1v) is 5.50. The summed E-state index contributed by atoms with van der Waals surface area (Å²) in [6.45, 7) is 2.11. The van der Waals surface area contributed by atoms with Gasteiger partial charge in [0.05, 0.1) is 7.11 Å². The van der Waals surface area contributed by atoms with Crippen LogP contribution in [-0.4, -0.2) is 13.1 Å². The van der Waals surface area contributed by atoms with Gasteiger partial charge in [0.1, 0.15) is 11.6 Å². The number of nitrogens with zero attached hydrogens (tertiary/aromatic N) is 1. The maximum atomic E-state index is 11.2. The van der Waals surface area contributed by atoms with Crippen LogP contribution in [0, 0.1) is 11.3 Å². The molecule has 1 rings (SSSR count). The van der Waals surface area contributed by atoms with Gasteiger partial charge in [-0.25, -0.2) is 4.79 Å². The number of ether oxygens (including phenoxy) is 1. The topological polar surface area (TPSA) is 50.1 Å². The number of aryl methyl sites for hydroxylation is 1. The fraction of sp³-hybridized carbons (Fsp3) is 0.286. The molecular formula is C14H15NO2. The molecule has 0 N–H and O–H groups in total. The van der Waals surface area contributed by atoms with Crippen molar-refractivity contribution in [3.8, 4) is 6.07 Å². The number of benzene rings is 1. The number of rotatable bonds is 4. The summed E-state index contributed by atoms with van der Waals surface area (Å²) < 4.78 is 4.52. The summed E-state index contributed by atoms with van der Waals surface area (Å²) in [5.41, 5.74) is 2.06. The van der Waals surface area contributed by atoms with Gasteiger partial charge in [-0.3, -0.25) is 0 Å². The van der Waals surface area contributed by atoms with Crippen LogP contribution < -0.4 is 0 Å². The van der Waals surface area contributed by atoms with Gasteiger partial charge in [-0.15, -0.1) is 0 Å². The molecule has 0 aromatic heterocycles. The van der Waals surface area contributed by atoms with Gasteiger partial charge in [-0.1, -0.05) is 37.6 Å². The van der Waals surface area contributed by atoms with Crippen molar-refractivity contribution < 1.29 is 9.53 Å². The van der Waals surface area contributed by atoms with E-state index in [0.717, 1.165) is 18.4 Å². The molecule has 0 atom stereocenters. The van der Waals surface area contributed by atoms with Gasteiger partial charge < -0.3 is 4.74 Å². The minimum atomic E-state index is -0.603. The minimum Gasteiger partial charge on any atom is -0.465 e. The Kier molecular flexibility index (Phi) is 4.96. The number of hydrogen-bond acceptors (Lipinski definition) is 3. The summed E-state index contributed by atoms with van der Waals surface area (Å²) in [5, 5.41) is 8.84. The van der Waals surface area contributed by atoms with Crippen molar-refractivity contribution >= 4 is 12.0 Å². The van der Waals surface area contributed by atoms with E-state index in [1.165, 1.54) is 12.7 Å². The quantitative estimate of drug-likeness (QED) is 0.453. The molecule has 0 heterocycles. The molecule has 0 fully saturated rings. The molecule has 3 heteroatoms. The summed E-state index contributed by atoms with van der Waals surface area (Å²) in [4.78, 5) is 11.2. The number of esters is 1. The number of carbonyl (C=O) groups excluding carboxylic acids is 1. The molecule has 3 nitrogen and oxygen atoms in total. The Labute approximate surface area is 101 Å². The first kappa shape index (κ1) is 13.0. The van der Waals surface area contributed by atoms with Gasteiger partial charge in [0, 0.05) is 0 Å². The molecule has 0 bridgehead atoms. The van der Waals surface area contributed by atoms with E-state index in [1.807, 2.05) is 30.3 Å². The molecule has 17 heavy (non-hydrogen) atoms. The van der Waals surface area contributed by atoms with Crippen LogP contribution in [0.5, 0.6) is 0 Å². The number of methoxy groups -OCH3 is 1. The van der Waals surface area contributed by atoms with E-state index >= 15 is 0 Å². The molecule has 0 saturated carbocycles. The van der Waals surface area contributed by atoms with Crippen molar-refractivity contribution in [2.75, 3.05) is 7.11 Å². The summed E-state index contributed by atoms with van der Waals surface area (Å²) >= 11 is 0. The Morgan fingerprint density at radius 3 is 2.88 bits per heavy atom. The van der Waals surface area contributed by atoms with Crippen molar-refractivity contribution in [2.24, 2.45) is 0 Å². The Morgan fingerprint density at radius 2 is 2.29 bits per heavy atom. The summed E-state index contributed by atoms with van der Waals surface area (Å²) in [5.74, 6) is -0.603. The van der Waals surface area contributed by atoms with Crippen LogP contribution in [-0.2, 0) is 16.0 Å². The molecule has 0 aliphatic carbocycles. The second kappa shape index (κ2) is 6.49. The van der Waals surface area contributed by atoms with E-state index in [4.69, 9.17) is 5.26 Å². The van der Waals surface area contributed by atoms with Crippen LogP contribution in [0.2, 0.25) is 0 Å². The fourth-order valence-corrected chi connectivity index (χ4v) is 1.54. The van der Waals surface area contributed by atoms with Gasteiger partial charge in [-0.2, -0.15) is 5.26 Å². The molecule has 1 aromatic rings. The van der Waals surface area contributed by atoms with E-state index in [9.17, 15) is 4.79 Å². The van der Waals surface area contributed by atoms with Crippen molar-refractivity contribution in [1.29, 1.82) is 5.26 Å². The molecule has 0 unspecified atom stereocenters. The number of carbonyl (C=O) groups is 1. The van der Waals surface area contributed by atoms with Crippen LogP contribution in [0.3, 0.4) is 0 Å². The Bertz CT molecular complexity index is 469. The SMILES string of the molecule is CCCc1cccc(C=C(C#N)C(=O)OC)c1. The molecule has 0 aliphatic rings. The minimum absolute atomic E-state index is 0.0150. The molecule has 0 saturated heterocycles.